The van der Waals surface area contributed by atoms with Crippen LogP contribution in [0.1, 0.15) is 26.2 Å². The average molecular weight is 231 g/mol. The van der Waals surface area contributed by atoms with Gasteiger partial charge >= 0.3 is 0 Å². The Kier molecular flexibility index (Phi) is 3.81. The second kappa shape index (κ2) is 5.53. The van der Waals surface area contributed by atoms with Crippen molar-refractivity contribution in [3.63, 3.8) is 0 Å². The molecule has 4 heteroatoms. The Bertz CT molecular complexity index is 409. The van der Waals surface area contributed by atoms with Crippen LogP contribution in [0.2, 0.25) is 0 Å². The molecule has 0 aromatic carbocycles. The Morgan fingerprint density at radius 1 is 1.59 bits per heavy atom. The molecule has 0 spiro atoms. The molecule has 0 bridgehead atoms. The quantitative estimate of drug-likeness (QED) is 0.754. The maximum Gasteiger partial charge on any atom is 0.171 e. The number of anilines is 1. The van der Waals surface area contributed by atoms with Gasteiger partial charge in [-0.2, -0.15) is 5.26 Å². The molecule has 1 aromatic heterocycles. The number of hydrogen-bond donors (Lipinski definition) is 0. The van der Waals surface area contributed by atoms with Gasteiger partial charge in [0, 0.05) is 18.8 Å². The van der Waals surface area contributed by atoms with Crippen molar-refractivity contribution in [1.29, 1.82) is 5.26 Å². The molecule has 1 aliphatic rings. The van der Waals surface area contributed by atoms with Gasteiger partial charge in [0.05, 0.1) is 19.1 Å². The molecule has 1 saturated carbocycles. The van der Waals surface area contributed by atoms with Crippen LogP contribution < -0.4 is 9.64 Å². The van der Waals surface area contributed by atoms with Crippen LogP contribution in [0.3, 0.4) is 0 Å². The lowest BCUT2D eigenvalue weighted by Crippen LogP contribution is -2.28. The van der Waals surface area contributed by atoms with Crippen LogP contribution in [0.25, 0.3) is 0 Å². The first kappa shape index (κ1) is 11.7. The molecule has 90 valence electrons. The number of ether oxygens (including phenoxy) is 1. The summed E-state index contributed by atoms with van der Waals surface area (Å²) < 4.78 is 5.59. The van der Waals surface area contributed by atoms with Gasteiger partial charge in [-0.05, 0) is 31.9 Å². The molecule has 0 radical (unpaired) electrons. The summed E-state index contributed by atoms with van der Waals surface area (Å²) in [6.45, 7) is 3.33. The molecule has 0 amide bonds. The van der Waals surface area contributed by atoms with Gasteiger partial charge in [-0.25, -0.2) is 4.98 Å². The topological polar surface area (TPSA) is 49.1 Å². The highest BCUT2D eigenvalue weighted by molar-refractivity contribution is 5.53. The first-order valence-corrected chi connectivity index (χ1v) is 6.08. The third-order valence-electron chi connectivity index (χ3n) is 2.77. The van der Waals surface area contributed by atoms with Crippen molar-refractivity contribution in [3.05, 3.63) is 18.3 Å². The van der Waals surface area contributed by atoms with Gasteiger partial charge in [0.25, 0.3) is 0 Å². The number of nitrogens with zero attached hydrogens (tertiary/aromatic N) is 3. The number of nitriles is 1. The van der Waals surface area contributed by atoms with Crippen molar-refractivity contribution in [3.8, 4) is 11.8 Å². The van der Waals surface area contributed by atoms with E-state index in [1.54, 1.807) is 6.20 Å². The average Bonchev–Trinajstić information content (AvgIpc) is 3.16. The van der Waals surface area contributed by atoms with E-state index in [0.717, 1.165) is 18.1 Å². The highest BCUT2D eigenvalue weighted by Gasteiger charge is 2.31. The first-order chi connectivity index (χ1) is 8.36. The van der Waals surface area contributed by atoms with Crippen molar-refractivity contribution in [2.24, 2.45) is 0 Å². The lowest BCUT2D eigenvalue weighted by molar-refractivity contribution is 0.339. The molecule has 1 aliphatic carbocycles. The van der Waals surface area contributed by atoms with E-state index in [1.165, 1.54) is 12.8 Å². The Morgan fingerprint density at radius 2 is 2.41 bits per heavy atom. The molecule has 1 fully saturated rings. The minimum absolute atomic E-state index is 0.526. The van der Waals surface area contributed by atoms with Crippen LogP contribution in [0, 0.1) is 11.3 Å². The third-order valence-corrected chi connectivity index (χ3v) is 2.77. The maximum absolute atomic E-state index is 8.71. The number of pyridine rings is 1. The minimum Gasteiger partial charge on any atom is -0.490 e. The van der Waals surface area contributed by atoms with Gasteiger partial charge in [-0.15, -0.1) is 0 Å². The summed E-state index contributed by atoms with van der Waals surface area (Å²) in [7, 11) is 0. The fourth-order valence-electron chi connectivity index (χ4n) is 1.88. The van der Waals surface area contributed by atoms with Crippen LogP contribution in [-0.2, 0) is 0 Å². The molecular formula is C13H17N3O. The fraction of sp³-hybridized carbons (Fsp3) is 0.538. The Labute approximate surface area is 102 Å². The van der Waals surface area contributed by atoms with Crippen LogP contribution in [0.5, 0.6) is 5.75 Å². The molecule has 0 N–H and O–H groups in total. The summed E-state index contributed by atoms with van der Waals surface area (Å²) >= 11 is 0. The van der Waals surface area contributed by atoms with Gasteiger partial charge in [0.1, 0.15) is 0 Å². The van der Waals surface area contributed by atoms with Gasteiger partial charge in [-0.1, -0.05) is 0 Å². The van der Waals surface area contributed by atoms with Crippen molar-refractivity contribution >= 4 is 5.82 Å². The molecule has 0 saturated heterocycles. The van der Waals surface area contributed by atoms with E-state index in [1.807, 2.05) is 19.1 Å². The molecule has 2 rings (SSSR count). The van der Waals surface area contributed by atoms with E-state index >= 15 is 0 Å². The van der Waals surface area contributed by atoms with Crippen molar-refractivity contribution in [1.82, 2.24) is 4.98 Å². The van der Waals surface area contributed by atoms with Gasteiger partial charge in [-0.3, -0.25) is 0 Å². The van der Waals surface area contributed by atoms with E-state index in [2.05, 4.69) is 16.0 Å². The molecule has 0 atom stereocenters. The number of hydrogen-bond acceptors (Lipinski definition) is 4. The van der Waals surface area contributed by atoms with Crippen LogP contribution in [-0.4, -0.2) is 24.2 Å². The van der Waals surface area contributed by atoms with E-state index in [0.29, 0.717) is 19.1 Å². The van der Waals surface area contributed by atoms with E-state index < -0.39 is 0 Å². The lowest BCUT2D eigenvalue weighted by Gasteiger charge is -2.24. The van der Waals surface area contributed by atoms with Crippen molar-refractivity contribution in [2.45, 2.75) is 32.2 Å². The molecule has 1 aromatic rings. The van der Waals surface area contributed by atoms with Crippen LogP contribution in [0.4, 0.5) is 5.82 Å². The van der Waals surface area contributed by atoms with Gasteiger partial charge in [0.15, 0.2) is 11.6 Å². The number of rotatable bonds is 6. The summed E-state index contributed by atoms with van der Waals surface area (Å²) in [5.41, 5.74) is 0. The second-order valence-corrected chi connectivity index (χ2v) is 4.09. The molecule has 17 heavy (non-hydrogen) atoms. The lowest BCUT2D eigenvalue weighted by atomic mass is 10.3. The summed E-state index contributed by atoms with van der Waals surface area (Å²) in [4.78, 5) is 6.61. The molecule has 4 nitrogen and oxygen atoms in total. The minimum atomic E-state index is 0.526. The summed E-state index contributed by atoms with van der Waals surface area (Å²) in [5.74, 6) is 1.70. The summed E-state index contributed by atoms with van der Waals surface area (Å²) in [6, 6.07) is 6.55. The van der Waals surface area contributed by atoms with E-state index in [9.17, 15) is 0 Å². The highest BCUT2D eigenvalue weighted by atomic mass is 16.5. The summed E-state index contributed by atoms with van der Waals surface area (Å²) in [6.07, 6.45) is 4.68. The predicted molar refractivity (Wildman–Crippen MR) is 66.0 cm³/mol. The fourth-order valence-corrected chi connectivity index (χ4v) is 1.88. The predicted octanol–water partition coefficient (Wildman–Crippen LogP) is 2.36. The molecule has 1 heterocycles. The van der Waals surface area contributed by atoms with Crippen molar-refractivity contribution in [2.75, 3.05) is 18.1 Å². The summed E-state index contributed by atoms with van der Waals surface area (Å²) in [5, 5.41) is 8.71. The van der Waals surface area contributed by atoms with Crippen LogP contribution in [0.15, 0.2) is 18.3 Å². The smallest absolute Gasteiger partial charge is 0.171 e. The molecule has 0 aliphatic heterocycles. The second-order valence-electron chi connectivity index (χ2n) is 4.09. The standard InChI is InChI=1S/C13H17N3O/c1-2-17-12-5-3-9-15-13(12)16(10-4-8-14)11-6-7-11/h3,5,9,11H,2,4,6-7,10H2,1H3. The third kappa shape index (κ3) is 2.88. The SMILES string of the molecule is CCOc1cccnc1N(CCC#N)C1CC1. The van der Waals surface area contributed by atoms with Gasteiger partial charge < -0.3 is 9.64 Å². The number of aromatic nitrogens is 1. The van der Waals surface area contributed by atoms with E-state index in [4.69, 9.17) is 10.00 Å². The normalized spacial score (nSPS) is 14.1. The molecular weight excluding hydrogens is 214 g/mol. The zero-order chi connectivity index (χ0) is 12.1. The highest BCUT2D eigenvalue weighted by Crippen LogP contribution is 2.35. The van der Waals surface area contributed by atoms with Crippen molar-refractivity contribution < 1.29 is 4.74 Å². The van der Waals surface area contributed by atoms with E-state index in [-0.39, 0.29) is 0 Å². The Hall–Kier alpha value is -1.76. The zero-order valence-electron chi connectivity index (χ0n) is 10.1. The maximum atomic E-state index is 8.71. The first-order valence-electron chi connectivity index (χ1n) is 6.08. The van der Waals surface area contributed by atoms with Crippen LogP contribution >= 0.6 is 0 Å². The largest absolute Gasteiger partial charge is 0.490 e. The Morgan fingerprint density at radius 3 is 3.06 bits per heavy atom. The van der Waals surface area contributed by atoms with Gasteiger partial charge in [0.2, 0.25) is 0 Å². The monoisotopic (exact) mass is 231 g/mol. The zero-order valence-corrected chi connectivity index (χ0v) is 10.1. The molecule has 0 unspecified atom stereocenters. The Balaban J connectivity index is 2.19.